The minimum atomic E-state index is 0.889. The van der Waals surface area contributed by atoms with Crippen LogP contribution in [0.3, 0.4) is 0 Å². The average Bonchev–Trinajstić information content (AvgIpc) is 3.54. The summed E-state index contributed by atoms with van der Waals surface area (Å²) in [5, 5.41) is 7.08. The number of benzene rings is 8. The van der Waals surface area contributed by atoms with Gasteiger partial charge >= 0.3 is 0 Å². The lowest BCUT2D eigenvalue weighted by Gasteiger charge is -2.28. The van der Waals surface area contributed by atoms with Crippen molar-refractivity contribution in [1.29, 1.82) is 0 Å². The molecular formula is C48H33NO. The minimum absolute atomic E-state index is 0.889. The lowest BCUT2D eigenvalue weighted by molar-refractivity contribution is 0.670. The summed E-state index contributed by atoms with van der Waals surface area (Å²) in [7, 11) is 0. The van der Waals surface area contributed by atoms with Gasteiger partial charge in [-0.15, -0.1) is 0 Å². The first-order chi connectivity index (χ1) is 24.7. The quantitative estimate of drug-likeness (QED) is 0.161. The maximum atomic E-state index is 6.73. The van der Waals surface area contributed by atoms with E-state index in [-0.39, 0.29) is 0 Å². The van der Waals surface area contributed by atoms with Crippen molar-refractivity contribution < 1.29 is 4.42 Å². The Bertz CT molecular complexity index is 2720. The summed E-state index contributed by atoms with van der Waals surface area (Å²) in [6.07, 6.45) is 5.84. The van der Waals surface area contributed by atoms with Crippen LogP contribution in [0.5, 0.6) is 0 Å². The molecule has 0 spiro atoms. The van der Waals surface area contributed by atoms with E-state index < -0.39 is 0 Å². The van der Waals surface area contributed by atoms with Crippen LogP contribution in [0.15, 0.2) is 193 Å². The van der Waals surface area contributed by atoms with Gasteiger partial charge in [-0.05, 0) is 80.7 Å². The van der Waals surface area contributed by atoms with Gasteiger partial charge in [0, 0.05) is 33.3 Å². The van der Waals surface area contributed by atoms with E-state index in [1.165, 1.54) is 32.7 Å². The van der Waals surface area contributed by atoms with E-state index in [0.717, 1.165) is 55.7 Å². The number of furan rings is 1. The third-order valence-corrected chi connectivity index (χ3v) is 9.58. The highest BCUT2D eigenvalue weighted by molar-refractivity contribution is 6.14. The van der Waals surface area contributed by atoms with E-state index in [1.807, 2.05) is 6.08 Å². The Kier molecular flexibility index (Phi) is 7.33. The van der Waals surface area contributed by atoms with Crippen LogP contribution in [0, 0.1) is 0 Å². The second-order valence-electron chi connectivity index (χ2n) is 12.6. The zero-order valence-electron chi connectivity index (χ0n) is 27.5. The minimum Gasteiger partial charge on any atom is -0.455 e. The number of anilines is 3. The molecule has 0 unspecified atom stereocenters. The molecule has 0 atom stereocenters. The van der Waals surface area contributed by atoms with E-state index in [9.17, 15) is 0 Å². The predicted molar refractivity (Wildman–Crippen MR) is 214 cm³/mol. The van der Waals surface area contributed by atoms with Gasteiger partial charge in [-0.25, -0.2) is 0 Å². The molecule has 0 aliphatic heterocycles. The van der Waals surface area contributed by atoms with Crippen molar-refractivity contribution in [3.05, 3.63) is 194 Å². The molecule has 1 heterocycles. The van der Waals surface area contributed by atoms with Gasteiger partial charge < -0.3 is 9.32 Å². The van der Waals surface area contributed by atoms with E-state index in [1.54, 1.807) is 6.08 Å². The highest BCUT2D eigenvalue weighted by Crippen LogP contribution is 2.45. The van der Waals surface area contributed by atoms with Crippen LogP contribution in [-0.2, 0) is 0 Å². The summed E-state index contributed by atoms with van der Waals surface area (Å²) >= 11 is 0. The van der Waals surface area contributed by atoms with Crippen LogP contribution >= 0.6 is 0 Å². The van der Waals surface area contributed by atoms with Gasteiger partial charge in [-0.1, -0.05) is 152 Å². The zero-order chi connectivity index (χ0) is 33.4. The molecule has 1 aromatic heterocycles. The Morgan fingerprint density at radius 3 is 2.00 bits per heavy atom. The molecular weight excluding hydrogens is 607 g/mol. The van der Waals surface area contributed by atoms with Gasteiger partial charge in [0.15, 0.2) is 0 Å². The molecule has 0 radical (unpaired) electrons. The molecule has 9 rings (SSSR count). The van der Waals surface area contributed by atoms with E-state index >= 15 is 0 Å². The van der Waals surface area contributed by atoms with Gasteiger partial charge in [-0.3, -0.25) is 0 Å². The van der Waals surface area contributed by atoms with Crippen molar-refractivity contribution in [1.82, 2.24) is 0 Å². The molecule has 0 bridgehead atoms. The Morgan fingerprint density at radius 2 is 1.14 bits per heavy atom. The molecule has 0 aliphatic carbocycles. The number of allylic oxidation sites excluding steroid dienone is 2. The van der Waals surface area contributed by atoms with Crippen LogP contribution < -0.4 is 4.90 Å². The van der Waals surface area contributed by atoms with Crippen LogP contribution in [0.4, 0.5) is 17.1 Å². The first-order valence-corrected chi connectivity index (χ1v) is 17.0. The van der Waals surface area contributed by atoms with Crippen molar-refractivity contribution in [3.8, 4) is 22.3 Å². The lowest BCUT2D eigenvalue weighted by atomic mass is 9.96. The molecule has 236 valence electrons. The summed E-state index contributed by atoms with van der Waals surface area (Å²) in [6, 6.07) is 60.7. The van der Waals surface area contributed by atoms with Crippen LogP contribution in [0.2, 0.25) is 0 Å². The highest BCUT2D eigenvalue weighted by atomic mass is 16.3. The molecule has 0 saturated heterocycles. The molecule has 50 heavy (non-hydrogen) atoms. The predicted octanol–water partition coefficient (Wildman–Crippen LogP) is 13.9. The normalized spacial score (nSPS) is 11.6. The number of para-hydroxylation sites is 2. The SMILES string of the molecule is C=C/C=C\c1ccc(N(c2cccc(-c3cccc4ccccc34)c2)c2ccccc2-c2cccc3c2oc2cc4ccccc4cc23)cc1. The molecule has 0 saturated carbocycles. The molecule has 2 nitrogen and oxygen atoms in total. The summed E-state index contributed by atoms with van der Waals surface area (Å²) in [6.45, 7) is 3.84. The first kappa shape index (κ1) is 29.5. The fraction of sp³-hybridized carbons (Fsp3) is 0. The maximum Gasteiger partial charge on any atom is 0.143 e. The van der Waals surface area contributed by atoms with Crippen LogP contribution in [-0.4, -0.2) is 0 Å². The molecule has 0 fully saturated rings. The summed E-state index contributed by atoms with van der Waals surface area (Å²) in [5.41, 5.74) is 10.6. The number of nitrogens with zero attached hydrogens (tertiary/aromatic N) is 1. The van der Waals surface area contributed by atoms with Gasteiger partial charge in [-0.2, -0.15) is 0 Å². The average molecular weight is 640 g/mol. The molecule has 2 heteroatoms. The van der Waals surface area contributed by atoms with Gasteiger partial charge in [0.05, 0.1) is 5.69 Å². The van der Waals surface area contributed by atoms with Crippen molar-refractivity contribution in [3.63, 3.8) is 0 Å². The Balaban J connectivity index is 1.25. The Labute approximate surface area is 291 Å². The molecule has 9 aromatic rings. The number of hydrogen-bond acceptors (Lipinski definition) is 2. The highest BCUT2D eigenvalue weighted by Gasteiger charge is 2.21. The largest absolute Gasteiger partial charge is 0.455 e. The van der Waals surface area contributed by atoms with Crippen molar-refractivity contribution in [2.24, 2.45) is 0 Å². The van der Waals surface area contributed by atoms with E-state index in [4.69, 9.17) is 4.42 Å². The molecule has 8 aromatic carbocycles. The fourth-order valence-electron chi connectivity index (χ4n) is 7.22. The number of hydrogen-bond donors (Lipinski definition) is 0. The van der Waals surface area contributed by atoms with E-state index in [2.05, 4.69) is 187 Å². The van der Waals surface area contributed by atoms with Crippen LogP contribution in [0.25, 0.3) is 71.8 Å². The maximum absolute atomic E-state index is 6.73. The molecule has 0 N–H and O–H groups in total. The monoisotopic (exact) mass is 639 g/mol. The zero-order valence-corrected chi connectivity index (χ0v) is 27.5. The second-order valence-corrected chi connectivity index (χ2v) is 12.6. The molecule has 0 aliphatic rings. The summed E-state index contributed by atoms with van der Waals surface area (Å²) in [5.74, 6) is 0. The van der Waals surface area contributed by atoms with Crippen molar-refractivity contribution in [2.75, 3.05) is 4.90 Å². The third-order valence-electron chi connectivity index (χ3n) is 9.58. The Morgan fingerprint density at radius 1 is 0.480 bits per heavy atom. The number of fused-ring (bicyclic) bond motifs is 5. The third kappa shape index (κ3) is 5.15. The van der Waals surface area contributed by atoms with Crippen molar-refractivity contribution in [2.45, 2.75) is 0 Å². The van der Waals surface area contributed by atoms with Gasteiger partial charge in [0.1, 0.15) is 11.2 Å². The number of rotatable bonds is 7. The van der Waals surface area contributed by atoms with E-state index in [0.29, 0.717) is 0 Å². The molecule has 0 amide bonds. The van der Waals surface area contributed by atoms with Gasteiger partial charge in [0.2, 0.25) is 0 Å². The first-order valence-electron chi connectivity index (χ1n) is 17.0. The standard InChI is InChI=1S/C48H33NO/c1-2-3-13-33-26-28-38(29-27-33)49(39-19-10-18-37(30-39)41-22-11-17-34-14-6-7-20-40(34)41)46-25-9-8-21-42(46)43-23-12-24-44-45-31-35-15-4-5-16-36(35)32-47(45)50-48(43)44/h2-32H,1H2/b13-3-. The van der Waals surface area contributed by atoms with Crippen LogP contribution in [0.1, 0.15) is 5.56 Å². The van der Waals surface area contributed by atoms with Crippen molar-refractivity contribution >= 4 is 66.6 Å². The lowest BCUT2D eigenvalue weighted by Crippen LogP contribution is -2.11. The summed E-state index contributed by atoms with van der Waals surface area (Å²) < 4.78 is 6.73. The topological polar surface area (TPSA) is 16.4 Å². The second kappa shape index (κ2) is 12.4. The smallest absolute Gasteiger partial charge is 0.143 e. The summed E-state index contributed by atoms with van der Waals surface area (Å²) in [4.78, 5) is 2.36. The fourth-order valence-corrected chi connectivity index (χ4v) is 7.22. The van der Waals surface area contributed by atoms with Gasteiger partial charge in [0.25, 0.3) is 0 Å². The Hall–Kier alpha value is -6.64.